The van der Waals surface area contributed by atoms with E-state index in [1.165, 1.54) is 30.5 Å². The largest absolute Gasteiger partial charge is 0.326 e. The van der Waals surface area contributed by atoms with Crippen molar-refractivity contribution in [3.8, 4) is 0 Å². The zero-order valence-electron chi connectivity index (χ0n) is 12.6. The number of aryl methyl sites for hydroxylation is 1. The molecule has 0 amide bonds. The van der Waals surface area contributed by atoms with E-state index in [0.29, 0.717) is 12.0 Å². The minimum Gasteiger partial charge on any atom is -0.326 e. The van der Waals surface area contributed by atoms with Crippen molar-refractivity contribution in [1.29, 1.82) is 0 Å². The van der Waals surface area contributed by atoms with Crippen LogP contribution in [0.5, 0.6) is 0 Å². The number of nitrogens with zero attached hydrogens (tertiary/aromatic N) is 1. The lowest BCUT2D eigenvalue weighted by molar-refractivity contribution is 0.165. The van der Waals surface area contributed by atoms with Crippen molar-refractivity contribution in [3.63, 3.8) is 0 Å². The molecule has 2 nitrogen and oxygen atoms in total. The molecule has 0 aromatic heterocycles. The van der Waals surface area contributed by atoms with Gasteiger partial charge in [-0.05, 0) is 37.8 Å². The molecule has 19 heavy (non-hydrogen) atoms. The molecule has 1 saturated heterocycles. The van der Waals surface area contributed by atoms with Crippen LogP contribution in [-0.2, 0) is 0 Å². The summed E-state index contributed by atoms with van der Waals surface area (Å²) in [4.78, 5) is 2.61. The van der Waals surface area contributed by atoms with Gasteiger partial charge in [-0.25, -0.2) is 0 Å². The van der Waals surface area contributed by atoms with Crippen LogP contribution in [0, 0.1) is 12.8 Å². The van der Waals surface area contributed by atoms with Gasteiger partial charge in [-0.2, -0.15) is 0 Å². The third kappa shape index (κ3) is 3.80. The summed E-state index contributed by atoms with van der Waals surface area (Å²) in [5, 5.41) is 0. The average molecular weight is 260 g/mol. The first-order chi connectivity index (χ1) is 9.08. The van der Waals surface area contributed by atoms with Crippen molar-refractivity contribution in [3.05, 3.63) is 35.4 Å². The van der Waals surface area contributed by atoms with Gasteiger partial charge in [-0.3, -0.25) is 4.90 Å². The van der Waals surface area contributed by atoms with Crippen LogP contribution in [0.3, 0.4) is 0 Å². The molecule has 1 aliphatic rings. The molecule has 1 aromatic rings. The SMILES string of the molecule is Cc1cccc(C2C(N)CCCCN2CC(C)C)c1. The Morgan fingerprint density at radius 3 is 2.79 bits per heavy atom. The summed E-state index contributed by atoms with van der Waals surface area (Å²) in [6.07, 6.45) is 3.69. The van der Waals surface area contributed by atoms with E-state index in [-0.39, 0.29) is 6.04 Å². The van der Waals surface area contributed by atoms with E-state index in [1.807, 2.05) is 0 Å². The van der Waals surface area contributed by atoms with Gasteiger partial charge in [0.15, 0.2) is 0 Å². The molecule has 1 heterocycles. The molecule has 1 aliphatic heterocycles. The second-order valence-electron chi connectivity index (χ2n) is 6.41. The van der Waals surface area contributed by atoms with Crippen LogP contribution in [0.4, 0.5) is 0 Å². The molecular formula is C17H28N2. The number of hydrogen-bond acceptors (Lipinski definition) is 2. The second-order valence-corrected chi connectivity index (χ2v) is 6.41. The van der Waals surface area contributed by atoms with Crippen molar-refractivity contribution in [2.24, 2.45) is 11.7 Å². The zero-order valence-corrected chi connectivity index (χ0v) is 12.6. The standard InChI is InChI=1S/C17H28N2/c1-13(2)12-19-10-5-4-9-16(18)17(19)15-8-6-7-14(3)11-15/h6-8,11,13,16-17H,4-5,9-10,12,18H2,1-3H3. The minimum atomic E-state index is 0.267. The first-order valence-electron chi connectivity index (χ1n) is 7.64. The van der Waals surface area contributed by atoms with E-state index >= 15 is 0 Å². The third-order valence-corrected chi connectivity index (χ3v) is 4.02. The summed E-state index contributed by atoms with van der Waals surface area (Å²) < 4.78 is 0. The Morgan fingerprint density at radius 1 is 1.32 bits per heavy atom. The molecule has 2 unspecified atom stereocenters. The Labute approximate surface area is 118 Å². The molecule has 0 spiro atoms. The van der Waals surface area contributed by atoms with Crippen LogP contribution in [0.1, 0.15) is 50.3 Å². The van der Waals surface area contributed by atoms with Crippen molar-refractivity contribution >= 4 is 0 Å². The van der Waals surface area contributed by atoms with Crippen molar-refractivity contribution in [2.75, 3.05) is 13.1 Å². The van der Waals surface area contributed by atoms with Gasteiger partial charge in [-0.1, -0.05) is 50.1 Å². The fourth-order valence-corrected chi connectivity index (χ4v) is 3.25. The number of nitrogens with two attached hydrogens (primary N) is 1. The maximum atomic E-state index is 6.49. The molecule has 2 heteroatoms. The Kier molecular flexibility index (Phi) is 5.00. The molecule has 1 aromatic carbocycles. The molecule has 106 valence electrons. The van der Waals surface area contributed by atoms with E-state index in [4.69, 9.17) is 5.73 Å². The Hall–Kier alpha value is -0.860. The highest BCUT2D eigenvalue weighted by Gasteiger charge is 2.28. The van der Waals surface area contributed by atoms with Crippen LogP contribution < -0.4 is 5.73 Å². The summed E-state index contributed by atoms with van der Waals surface area (Å²) in [7, 11) is 0. The van der Waals surface area contributed by atoms with E-state index in [2.05, 4.69) is 49.9 Å². The first-order valence-corrected chi connectivity index (χ1v) is 7.64. The molecule has 0 saturated carbocycles. The third-order valence-electron chi connectivity index (χ3n) is 4.02. The summed E-state index contributed by atoms with van der Waals surface area (Å²) >= 11 is 0. The highest BCUT2D eigenvalue weighted by atomic mass is 15.2. The maximum absolute atomic E-state index is 6.49. The number of rotatable bonds is 3. The van der Waals surface area contributed by atoms with Crippen molar-refractivity contribution in [1.82, 2.24) is 4.90 Å². The van der Waals surface area contributed by atoms with Crippen LogP contribution in [0.2, 0.25) is 0 Å². The van der Waals surface area contributed by atoms with E-state index in [0.717, 1.165) is 13.0 Å². The van der Waals surface area contributed by atoms with Gasteiger partial charge in [0.25, 0.3) is 0 Å². The van der Waals surface area contributed by atoms with Crippen LogP contribution >= 0.6 is 0 Å². The molecule has 2 N–H and O–H groups in total. The molecule has 2 atom stereocenters. The summed E-state index contributed by atoms with van der Waals surface area (Å²) in [6, 6.07) is 9.54. The number of likely N-dealkylation sites (tertiary alicyclic amines) is 1. The predicted octanol–water partition coefficient (Wildman–Crippen LogP) is 3.51. The van der Waals surface area contributed by atoms with Gasteiger partial charge in [0.2, 0.25) is 0 Å². The van der Waals surface area contributed by atoms with Gasteiger partial charge in [0.1, 0.15) is 0 Å². The zero-order chi connectivity index (χ0) is 13.8. The molecule has 0 bridgehead atoms. The van der Waals surface area contributed by atoms with E-state index in [9.17, 15) is 0 Å². The molecule has 2 rings (SSSR count). The quantitative estimate of drug-likeness (QED) is 0.901. The van der Waals surface area contributed by atoms with Crippen LogP contribution in [0.25, 0.3) is 0 Å². The van der Waals surface area contributed by atoms with Crippen LogP contribution in [0.15, 0.2) is 24.3 Å². The van der Waals surface area contributed by atoms with E-state index < -0.39 is 0 Å². The molecule has 0 aliphatic carbocycles. The monoisotopic (exact) mass is 260 g/mol. The smallest absolute Gasteiger partial charge is 0.0499 e. The average Bonchev–Trinajstić information content (AvgIpc) is 2.50. The molecule has 0 radical (unpaired) electrons. The number of benzene rings is 1. The van der Waals surface area contributed by atoms with Gasteiger partial charge in [-0.15, -0.1) is 0 Å². The molecular weight excluding hydrogens is 232 g/mol. The summed E-state index contributed by atoms with van der Waals surface area (Å²) in [6.45, 7) is 9.09. The minimum absolute atomic E-state index is 0.267. The fraction of sp³-hybridized carbons (Fsp3) is 0.647. The second kappa shape index (κ2) is 6.53. The Balaban J connectivity index is 2.28. The van der Waals surface area contributed by atoms with Crippen LogP contribution in [-0.4, -0.2) is 24.0 Å². The summed E-state index contributed by atoms with van der Waals surface area (Å²) in [5.74, 6) is 0.692. The van der Waals surface area contributed by atoms with Gasteiger partial charge in [0, 0.05) is 18.6 Å². The van der Waals surface area contributed by atoms with Gasteiger partial charge in [0.05, 0.1) is 0 Å². The highest BCUT2D eigenvalue weighted by Crippen LogP contribution is 2.30. The predicted molar refractivity (Wildman–Crippen MR) is 82.2 cm³/mol. The topological polar surface area (TPSA) is 29.3 Å². The van der Waals surface area contributed by atoms with Gasteiger partial charge < -0.3 is 5.73 Å². The maximum Gasteiger partial charge on any atom is 0.0499 e. The number of hydrogen-bond donors (Lipinski definition) is 1. The van der Waals surface area contributed by atoms with Crippen molar-refractivity contribution < 1.29 is 0 Å². The summed E-state index contributed by atoms with van der Waals surface area (Å²) in [5.41, 5.74) is 9.22. The normalized spacial score (nSPS) is 25.5. The lowest BCUT2D eigenvalue weighted by Gasteiger charge is -2.35. The van der Waals surface area contributed by atoms with E-state index in [1.54, 1.807) is 0 Å². The Bertz CT molecular complexity index is 400. The highest BCUT2D eigenvalue weighted by molar-refractivity contribution is 5.26. The lowest BCUT2D eigenvalue weighted by atomic mass is 9.94. The first kappa shape index (κ1) is 14.5. The lowest BCUT2D eigenvalue weighted by Crippen LogP contribution is -2.41. The van der Waals surface area contributed by atoms with Crippen molar-refractivity contribution in [2.45, 2.75) is 52.1 Å². The molecule has 1 fully saturated rings. The fourth-order valence-electron chi connectivity index (χ4n) is 3.25. The Morgan fingerprint density at radius 2 is 2.11 bits per heavy atom. The van der Waals surface area contributed by atoms with Gasteiger partial charge >= 0.3 is 0 Å².